The normalized spacial score (nSPS) is 10.5. The quantitative estimate of drug-likeness (QED) is 0.315. The second kappa shape index (κ2) is 9.80. The minimum atomic E-state index is -0.562. The number of carbonyl (C=O) groups excluding carboxylic acids is 2. The van der Waals surface area contributed by atoms with E-state index in [0.29, 0.717) is 22.0 Å². The number of aromatic nitrogens is 4. The van der Waals surface area contributed by atoms with Gasteiger partial charge in [-0.15, -0.1) is 5.10 Å². The highest BCUT2D eigenvalue weighted by atomic mass is 32.2. The van der Waals surface area contributed by atoms with Crippen LogP contribution in [0.25, 0.3) is 0 Å². The Labute approximate surface area is 180 Å². The zero-order valence-corrected chi connectivity index (χ0v) is 17.5. The highest BCUT2D eigenvalue weighted by Crippen LogP contribution is 2.31. The topological polar surface area (TPSA) is 142 Å². The Morgan fingerprint density at radius 1 is 1.26 bits per heavy atom. The molecule has 3 aromatic rings. The molecule has 3 rings (SSSR count). The molecule has 2 aromatic carbocycles. The zero-order chi connectivity index (χ0) is 22.4. The maximum absolute atomic E-state index is 12.8. The zero-order valence-electron chi connectivity index (χ0n) is 16.6. The predicted octanol–water partition coefficient (Wildman–Crippen LogP) is 2.03. The highest BCUT2D eigenvalue weighted by Gasteiger charge is 2.19. The van der Waals surface area contributed by atoms with Gasteiger partial charge in [-0.3, -0.25) is 14.9 Å². The molecule has 0 bridgehead atoms. The Kier molecular flexibility index (Phi) is 6.92. The first-order valence-electron chi connectivity index (χ1n) is 9.03. The summed E-state index contributed by atoms with van der Waals surface area (Å²) in [6.07, 6.45) is 0.460. The molecule has 160 valence electrons. The van der Waals surface area contributed by atoms with E-state index in [1.807, 2.05) is 6.07 Å². The molecule has 1 N–H and O–H groups in total. The molecule has 0 unspecified atom stereocenters. The molecule has 0 atom stereocenters. The number of nitro benzene ring substituents is 1. The maximum atomic E-state index is 12.8. The summed E-state index contributed by atoms with van der Waals surface area (Å²) in [5.74, 6) is -0.909. The molecule has 0 saturated heterocycles. The first-order valence-corrected chi connectivity index (χ1v) is 9.85. The molecule has 0 spiro atoms. The van der Waals surface area contributed by atoms with Crippen LogP contribution in [0.5, 0.6) is 0 Å². The number of non-ortho nitro benzene ring substituents is 1. The van der Waals surface area contributed by atoms with Crippen LogP contribution in [0.4, 0.5) is 5.69 Å². The average Bonchev–Trinajstić information content (AvgIpc) is 3.17. The molecule has 11 nitrogen and oxygen atoms in total. The summed E-state index contributed by atoms with van der Waals surface area (Å²) in [7, 11) is 2.96. The van der Waals surface area contributed by atoms with Gasteiger partial charge in [-0.25, -0.2) is 9.48 Å². The molecule has 1 aromatic heterocycles. The number of nitrogens with one attached hydrogen (secondary N) is 1. The number of aryl methyl sites for hydroxylation is 1. The summed E-state index contributed by atoms with van der Waals surface area (Å²) in [5, 5.41) is 25.5. The van der Waals surface area contributed by atoms with E-state index in [9.17, 15) is 19.7 Å². The molecule has 0 aliphatic rings. The first-order chi connectivity index (χ1) is 14.9. The summed E-state index contributed by atoms with van der Waals surface area (Å²) in [4.78, 5) is 35.5. The fraction of sp³-hybridized carbons (Fsp3) is 0.211. The third-order valence-electron chi connectivity index (χ3n) is 4.25. The number of ether oxygens (including phenoxy) is 1. The third-order valence-corrected chi connectivity index (χ3v) is 5.35. The lowest BCUT2D eigenvalue weighted by atomic mass is 10.1. The minimum Gasteiger partial charge on any atom is -0.465 e. The largest absolute Gasteiger partial charge is 0.465 e. The number of methoxy groups -OCH3 is 1. The van der Waals surface area contributed by atoms with Crippen LogP contribution in [-0.4, -0.2) is 50.7 Å². The van der Waals surface area contributed by atoms with E-state index >= 15 is 0 Å². The van der Waals surface area contributed by atoms with Crippen molar-refractivity contribution in [2.24, 2.45) is 7.05 Å². The second-order valence-corrected chi connectivity index (χ2v) is 7.33. The van der Waals surface area contributed by atoms with Gasteiger partial charge in [-0.05, 0) is 52.4 Å². The van der Waals surface area contributed by atoms with Gasteiger partial charge in [-0.2, -0.15) is 0 Å². The van der Waals surface area contributed by atoms with Crippen molar-refractivity contribution in [3.8, 4) is 0 Å². The van der Waals surface area contributed by atoms with Gasteiger partial charge in [0.2, 0.25) is 5.16 Å². The van der Waals surface area contributed by atoms with Crippen molar-refractivity contribution in [3.05, 3.63) is 69.3 Å². The van der Waals surface area contributed by atoms with Crippen molar-refractivity contribution in [2.45, 2.75) is 16.5 Å². The lowest BCUT2D eigenvalue weighted by Crippen LogP contribution is -2.26. The summed E-state index contributed by atoms with van der Waals surface area (Å²) < 4.78 is 6.14. The van der Waals surface area contributed by atoms with Gasteiger partial charge in [0.25, 0.3) is 11.6 Å². The van der Waals surface area contributed by atoms with Crippen molar-refractivity contribution in [1.82, 2.24) is 25.5 Å². The van der Waals surface area contributed by atoms with Crippen LogP contribution in [0.3, 0.4) is 0 Å². The van der Waals surface area contributed by atoms with Gasteiger partial charge in [0.15, 0.2) is 0 Å². The van der Waals surface area contributed by atoms with Crippen LogP contribution in [-0.2, 0) is 18.2 Å². The monoisotopic (exact) mass is 442 g/mol. The van der Waals surface area contributed by atoms with Crippen molar-refractivity contribution >= 4 is 29.3 Å². The Balaban J connectivity index is 1.74. The minimum absolute atomic E-state index is 0.144. The van der Waals surface area contributed by atoms with Crippen LogP contribution >= 0.6 is 11.8 Å². The number of hydrogen-bond acceptors (Lipinski definition) is 9. The number of rotatable bonds is 8. The van der Waals surface area contributed by atoms with E-state index in [-0.39, 0.29) is 17.8 Å². The van der Waals surface area contributed by atoms with E-state index in [1.54, 1.807) is 25.2 Å². The molecule has 0 aliphatic heterocycles. The van der Waals surface area contributed by atoms with Gasteiger partial charge in [0.1, 0.15) is 0 Å². The van der Waals surface area contributed by atoms with E-state index in [4.69, 9.17) is 4.74 Å². The van der Waals surface area contributed by atoms with E-state index in [2.05, 4.69) is 20.8 Å². The second-order valence-electron chi connectivity index (χ2n) is 6.32. The maximum Gasteiger partial charge on any atom is 0.337 e. The molecule has 1 heterocycles. The number of carbonyl (C=O) groups is 2. The number of benzene rings is 2. The highest BCUT2D eigenvalue weighted by molar-refractivity contribution is 7.99. The van der Waals surface area contributed by atoms with Crippen molar-refractivity contribution < 1.29 is 19.2 Å². The number of nitro groups is 1. The summed E-state index contributed by atoms with van der Waals surface area (Å²) in [5.41, 5.74) is 1.20. The Morgan fingerprint density at radius 2 is 2.06 bits per heavy atom. The number of nitrogens with zero attached hydrogens (tertiary/aromatic N) is 5. The SMILES string of the molecule is COC(=O)c1cccc(CCNC(=O)c2cc([N+](=O)[O-])ccc2Sc2nnnn2C)c1. The number of hydrogen-bond donors (Lipinski definition) is 1. The van der Waals surface area contributed by atoms with Gasteiger partial charge < -0.3 is 10.1 Å². The van der Waals surface area contributed by atoms with Gasteiger partial charge in [0, 0.05) is 30.6 Å². The number of tetrazole rings is 1. The fourth-order valence-corrected chi connectivity index (χ4v) is 3.53. The smallest absolute Gasteiger partial charge is 0.337 e. The molecular formula is C19H18N6O5S. The molecule has 12 heteroatoms. The van der Waals surface area contributed by atoms with Crippen LogP contribution in [0.15, 0.2) is 52.5 Å². The number of esters is 1. The number of amides is 1. The predicted molar refractivity (Wildman–Crippen MR) is 110 cm³/mol. The van der Waals surface area contributed by atoms with Crippen LogP contribution in [0, 0.1) is 10.1 Å². The van der Waals surface area contributed by atoms with Crippen molar-refractivity contribution in [2.75, 3.05) is 13.7 Å². The molecule has 1 amide bonds. The van der Waals surface area contributed by atoms with Gasteiger partial charge >= 0.3 is 5.97 Å². The molecule has 0 saturated carbocycles. The third kappa shape index (κ3) is 5.42. The van der Waals surface area contributed by atoms with Crippen molar-refractivity contribution in [3.63, 3.8) is 0 Å². The van der Waals surface area contributed by atoms with Crippen LogP contribution in [0.1, 0.15) is 26.3 Å². The Hall–Kier alpha value is -3.80. The van der Waals surface area contributed by atoms with Crippen LogP contribution < -0.4 is 5.32 Å². The fourth-order valence-electron chi connectivity index (χ4n) is 2.69. The average molecular weight is 442 g/mol. The van der Waals surface area contributed by atoms with E-state index < -0.39 is 16.8 Å². The van der Waals surface area contributed by atoms with E-state index in [0.717, 1.165) is 17.3 Å². The molecule has 31 heavy (non-hydrogen) atoms. The lowest BCUT2D eigenvalue weighted by Gasteiger charge is -2.10. The first kappa shape index (κ1) is 21.9. The molecule has 0 radical (unpaired) electrons. The van der Waals surface area contributed by atoms with Crippen LogP contribution in [0.2, 0.25) is 0 Å². The molecular weight excluding hydrogens is 424 g/mol. The molecule has 0 fully saturated rings. The summed E-state index contributed by atoms with van der Waals surface area (Å²) >= 11 is 1.13. The summed E-state index contributed by atoms with van der Waals surface area (Å²) in [6, 6.07) is 10.9. The van der Waals surface area contributed by atoms with Crippen molar-refractivity contribution in [1.29, 1.82) is 0 Å². The van der Waals surface area contributed by atoms with Gasteiger partial charge in [0.05, 0.1) is 23.2 Å². The Morgan fingerprint density at radius 3 is 2.74 bits per heavy atom. The standard InChI is InChI=1S/C19H18N6O5S/c1-24-19(21-22-23-24)31-16-7-6-14(25(28)29)11-15(16)17(26)20-9-8-12-4-3-5-13(10-12)18(27)30-2/h3-7,10-11H,8-9H2,1-2H3,(H,20,26). The summed E-state index contributed by atoms with van der Waals surface area (Å²) in [6.45, 7) is 0.266. The van der Waals surface area contributed by atoms with E-state index in [1.165, 1.54) is 30.0 Å². The molecule has 0 aliphatic carbocycles. The Bertz CT molecular complexity index is 1130. The lowest BCUT2D eigenvalue weighted by molar-refractivity contribution is -0.384. The van der Waals surface area contributed by atoms with Gasteiger partial charge in [-0.1, -0.05) is 12.1 Å².